The summed E-state index contributed by atoms with van der Waals surface area (Å²) in [5, 5.41) is 9.16. The van der Waals surface area contributed by atoms with Crippen LogP contribution in [0.15, 0.2) is 22.9 Å². The Bertz CT molecular complexity index is 769. The topological polar surface area (TPSA) is 89.0 Å². The molecule has 2 fully saturated rings. The maximum atomic E-state index is 12.5. The minimum absolute atomic E-state index is 0.0294. The molecule has 29 heavy (non-hydrogen) atoms. The fraction of sp³-hybridized carbons (Fsp3) is 0.667. The van der Waals surface area contributed by atoms with E-state index in [0.717, 1.165) is 24.8 Å². The summed E-state index contributed by atoms with van der Waals surface area (Å²) in [6.45, 7) is 6.63. The van der Waals surface area contributed by atoms with Crippen molar-refractivity contribution in [3.05, 3.63) is 28.5 Å². The second-order valence-electron chi connectivity index (χ2n) is 9.17. The highest BCUT2D eigenvalue weighted by molar-refractivity contribution is 9.10. The Kier molecular flexibility index (Phi) is 6.24. The highest BCUT2D eigenvalue weighted by atomic mass is 79.9. The largest absolute Gasteiger partial charge is 0.480 e. The standard InChI is InChI=1S/C21H29BrN2O5/c1-19(2,3)29-18(27)24-12-10-20(14-24)6-8-21(9-7-20,28-13-16(25)26)15-5-4-11-23-17(15)22/h4-5,11H,6-10,12-14H2,1-3H3,(H,25,26). The smallest absolute Gasteiger partial charge is 0.410 e. The first-order valence-electron chi connectivity index (χ1n) is 9.99. The van der Waals surface area contributed by atoms with E-state index >= 15 is 0 Å². The molecule has 8 heteroatoms. The zero-order valence-corrected chi connectivity index (χ0v) is 18.8. The number of hydrogen-bond acceptors (Lipinski definition) is 5. The van der Waals surface area contributed by atoms with Crippen molar-refractivity contribution in [3.63, 3.8) is 0 Å². The zero-order chi connectivity index (χ0) is 21.3. The average molecular weight is 469 g/mol. The van der Waals surface area contributed by atoms with Crippen LogP contribution in [0.1, 0.15) is 58.4 Å². The number of likely N-dealkylation sites (tertiary alicyclic amines) is 1. The van der Waals surface area contributed by atoms with Gasteiger partial charge in [0.05, 0.1) is 5.60 Å². The Hall–Kier alpha value is -1.67. The predicted molar refractivity (Wildman–Crippen MR) is 111 cm³/mol. The van der Waals surface area contributed by atoms with Gasteiger partial charge in [-0.15, -0.1) is 0 Å². The maximum absolute atomic E-state index is 12.5. The molecule has 1 amide bonds. The fourth-order valence-electron chi connectivity index (χ4n) is 4.43. The summed E-state index contributed by atoms with van der Waals surface area (Å²) in [5.74, 6) is -0.985. The van der Waals surface area contributed by atoms with Gasteiger partial charge in [-0.3, -0.25) is 0 Å². The Morgan fingerprint density at radius 2 is 1.93 bits per heavy atom. The van der Waals surface area contributed by atoms with Crippen molar-refractivity contribution in [2.45, 2.75) is 64.1 Å². The van der Waals surface area contributed by atoms with Crippen molar-refractivity contribution >= 4 is 28.0 Å². The lowest BCUT2D eigenvalue weighted by Crippen LogP contribution is -2.43. The van der Waals surface area contributed by atoms with Gasteiger partial charge in [0.15, 0.2) is 0 Å². The number of halogens is 1. The van der Waals surface area contributed by atoms with Crippen LogP contribution in [0.5, 0.6) is 0 Å². The average Bonchev–Trinajstić information content (AvgIpc) is 3.05. The first-order chi connectivity index (χ1) is 13.5. The number of carbonyl (C=O) groups is 2. The minimum Gasteiger partial charge on any atom is -0.480 e. The number of rotatable bonds is 4. The maximum Gasteiger partial charge on any atom is 0.410 e. The summed E-state index contributed by atoms with van der Waals surface area (Å²) < 4.78 is 12.2. The van der Waals surface area contributed by atoms with Crippen LogP contribution in [-0.2, 0) is 19.9 Å². The molecule has 1 N–H and O–H groups in total. The molecular formula is C21H29BrN2O5. The van der Waals surface area contributed by atoms with Crippen molar-refractivity contribution in [1.82, 2.24) is 9.88 Å². The fourth-order valence-corrected chi connectivity index (χ4v) is 5.04. The van der Waals surface area contributed by atoms with Gasteiger partial charge in [-0.25, -0.2) is 14.6 Å². The molecule has 1 spiro atoms. The number of hydrogen-bond donors (Lipinski definition) is 1. The van der Waals surface area contributed by atoms with Crippen molar-refractivity contribution in [1.29, 1.82) is 0 Å². The minimum atomic E-state index is -0.985. The van der Waals surface area contributed by atoms with E-state index in [4.69, 9.17) is 14.6 Å². The molecule has 1 aliphatic carbocycles. The molecule has 2 heterocycles. The van der Waals surface area contributed by atoms with E-state index in [9.17, 15) is 9.59 Å². The molecule has 1 aromatic heterocycles. The second-order valence-corrected chi connectivity index (χ2v) is 9.92. The third kappa shape index (κ3) is 5.09. The van der Waals surface area contributed by atoms with Gasteiger partial charge in [-0.1, -0.05) is 6.07 Å². The molecule has 7 nitrogen and oxygen atoms in total. The molecule has 3 rings (SSSR count). The van der Waals surface area contributed by atoms with Gasteiger partial charge in [-0.2, -0.15) is 0 Å². The van der Waals surface area contributed by atoms with Gasteiger partial charge in [0.1, 0.15) is 16.8 Å². The number of carboxylic acids is 1. The van der Waals surface area contributed by atoms with Crippen molar-refractivity contribution < 1.29 is 24.2 Å². The van der Waals surface area contributed by atoms with Crippen LogP contribution in [0.4, 0.5) is 4.79 Å². The molecule has 1 saturated heterocycles. The monoisotopic (exact) mass is 468 g/mol. The molecule has 1 saturated carbocycles. The number of carboxylic acid groups (broad SMARTS) is 1. The molecule has 0 bridgehead atoms. The SMILES string of the molecule is CC(C)(C)OC(=O)N1CCC2(CCC(OCC(=O)O)(c3cccnc3Br)CC2)C1. The van der Waals surface area contributed by atoms with E-state index in [1.165, 1.54) is 0 Å². The van der Waals surface area contributed by atoms with E-state index in [-0.39, 0.29) is 18.1 Å². The molecule has 0 radical (unpaired) electrons. The highest BCUT2D eigenvalue weighted by Crippen LogP contribution is 2.52. The van der Waals surface area contributed by atoms with Crippen molar-refractivity contribution in [3.8, 4) is 0 Å². The number of aliphatic carboxylic acids is 1. The Morgan fingerprint density at radius 1 is 1.24 bits per heavy atom. The number of nitrogens with zero attached hydrogens (tertiary/aromatic N) is 2. The zero-order valence-electron chi connectivity index (χ0n) is 17.2. The third-order valence-corrected chi connectivity index (χ3v) is 6.56. The summed E-state index contributed by atoms with van der Waals surface area (Å²) in [6.07, 6.45) is 5.44. The number of ether oxygens (including phenoxy) is 2. The second kappa shape index (κ2) is 8.22. The van der Waals surface area contributed by atoms with E-state index < -0.39 is 17.2 Å². The molecule has 160 valence electrons. The Morgan fingerprint density at radius 3 is 2.52 bits per heavy atom. The first-order valence-corrected chi connectivity index (χ1v) is 10.8. The first kappa shape index (κ1) is 22.0. The normalized spacial score (nSPS) is 27.2. The predicted octanol–water partition coefficient (Wildman–Crippen LogP) is 4.34. The molecular weight excluding hydrogens is 440 g/mol. The van der Waals surface area contributed by atoms with E-state index in [0.29, 0.717) is 30.5 Å². The van der Waals surface area contributed by atoms with E-state index in [1.54, 1.807) is 11.1 Å². The van der Waals surface area contributed by atoms with Crippen LogP contribution >= 0.6 is 15.9 Å². The molecule has 0 atom stereocenters. The van der Waals surface area contributed by atoms with Crippen molar-refractivity contribution in [2.24, 2.45) is 5.41 Å². The molecule has 1 aromatic rings. The van der Waals surface area contributed by atoms with Gasteiger partial charge in [0.2, 0.25) is 0 Å². The van der Waals surface area contributed by atoms with Crippen LogP contribution < -0.4 is 0 Å². The van der Waals surface area contributed by atoms with Gasteiger partial charge in [-0.05, 0) is 80.3 Å². The van der Waals surface area contributed by atoms with Crippen LogP contribution in [0.3, 0.4) is 0 Å². The summed E-state index contributed by atoms with van der Waals surface area (Å²) in [6, 6.07) is 3.79. The van der Waals surface area contributed by atoms with Gasteiger partial charge >= 0.3 is 12.1 Å². The number of aromatic nitrogens is 1. The van der Waals surface area contributed by atoms with Gasteiger partial charge < -0.3 is 19.5 Å². The molecule has 2 aliphatic rings. The van der Waals surface area contributed by atoms with E-state index in [1.807, 2.05) is 32.9 Å². The Balaban J connectivity index is 1.73. The Labute approximate surface area is 179 Å². The lowest BCUT2D eigenvalue weighted by atomic mass is 9.66. The van der Waals surface area contributed by atoms with Crippen molar-refractivity contribution in [2.75, 3.05) is 19.7 Å². The van der Waals surface area contributed by atoms with Crippen LogP contribution in [0, 0.1) is 5.41 Å². The molecule has 0 unspecified atom stereocenters. The van der Waals surface area contributed by atoms with Gasteiger partial charge in [0, 0.05) is 24.8 Å². The highest BCUT2D eigenvalue weighted by Gasteiger charge is 2.49. The number of carbonyl (C=O) groups excluding carboxylic acids is 1. The summed E-state index contributed by atoms with van der Waals surface area (Å²) in [5.41, 5.74) is -0.276. The quantitative estimate of drug-likeness (QED) is 0.660. The lowest BCUT2D eigenvalue weighted by molar-refractivity contribution is -0.156. The lowest BCUT2D eigenvalue weighted by Gasteiger charge is -2.45. The molecule has 1 aliphatic heterocycles. The van der Waals surface area contributed by atoms with Crippen LogP contribution in [0.25, 0.3) is 0 Å². The molecule has 0 aromatic carbocycles. The number of amides is 1. The summed E-state index contributed by atoms with van der Waals surface area (Å²) in [7, 11) is 0. The third-order valence-electron chi connectivity index (χ3n) is 5.93. The van der Waals surface area contributed by atoms with Gasteiger partial charge in [0.25, 0.3) is 0 Å². The van der Waals surface area contributed by atoms with Crippen LogP contribution in [-0.4, -0.2) is 52.4 Å². The van der Waals surface area contributed by atoms with E-state index in [2.05, 4.69) is 20.9 Å². The number of pyridine rings is 1. The summed E-state index contributed by atoms with van der Waals surface area (Å²) in [4.78, 5) is 29.7. The summed E-state index contributed by atoms with van der Waals surface area (Å²) >= 11 is 3.50. The van der Waals surface area contributed by atoms with Crippen LogP contribution in [0.2, 0.25) is 0 Å².